The van der Waals surface area contributed by atoms with E-state index in [4.69, 9.17) is 4.74 Å². The van der Waals surface area contributed by atoms with E-state index in [-0.39, 0.29) is 34.8 Å². The van der Waals surface area contributed by atoms with Crippen LogP contribution in [0.25, 0.3) is 0 Å². The van der Waals surface area contributed by atoms with Crippen LogP contribution in [0.1, 0.15) is 62.6 Å². The number of Topliss-reactive ketones (excluding diaryl/α,β-unsaturated/α-hetero) is 1. The number of ether oxygens (including phenoxy) is 1. The van der Waals surface area contributed by atoms with Crippen molar-refractivity contribution in [3.8, 4) is 5.88 Å². The largest absolute Gasteiger partial charge is 0.477 e. The molecule has 158 valence electrons. The van der Waals surface area contributed by atoms with Crippen molar-refractivity contribution in [3.63, 3.8) is 0 Å². The summed E-state index contributed by atoms with van der Waals surface area (Å²) in [5.41, 5.74) is 2.21. The quantitative estimate of drug-likeness (QED) is 0.681. The number of hydrogen-bond acceptors (Lipinski definition) is 5. The first kappa shape index (κ1) is 21.5. The molecule has 2 heterocycles. The Balaban J connectivity index is 1.88. The summed E-state index contributed by atoms with van der Waals surface area (Å²) in [5.74, 6) is -1.18. The van der Waals surface area contributed by atoms with E-state index in [9.17, 15) is 17.6 Å². The molecule has 6 nitrogen and oxygen atoms in total. The lowest BCUT2D eigenvalue weighted by Gasteiger charge is -2.20. The van der Waals surface area contributed by atoms with Gasteiger partial charge in [-0.15, -0.1) is 0 Å². The molecule has 1 aromatic carbocycles. The summed E-state index contributed by atoms with van der Waals surface area (Å²) < 4.78 is 46.7. The third kappa shape index (κ3) is 4.52. The number of fused-ring (bicyclic) bond motifs is 1. The Morgan fingerprint density at radius 3 is 2.41 bits per heavy atom. The normalized spacial score (nSPS) is 14.2. The van der Waals surface area contributed by atoms with Crippen molar-refractivity contribution in [2.24, 2.45) is 0 Å². The minimum absolute atomic E-state index is 0.0127. The molecule has 2 aromatic rings. The van der Waals surface area contributed by atoms with Crippen molar-refractivity contribution >= 4 is 15.6 Å². The lowest BCUT2D eigenvalue weighted by Crippen LogP contribution is -2.21. The molecule has 0 amide bonds. The van der Waals surface area contributed by atoms with Gasteiger partial charge in [0.2, 0.25) is 5.88 Å². The van der Waals surface area contributed by atoms with Crippen LogP contribution in [0.15, 0.2) is 23.2 Å². The highest BCUT2D eigenvalue weighted by molar-refractivity contribution is 7.92. The van der Waals surface area contributed by atoms with Crippen LogP contribution in [0, 0.1) is 5.82 Å². The number of carbonyl (C=O) groups excluding carboxylic acids is 1. The number of benzene rings is 1. The highest BCUT2D eigenvalue weighted by Gasteiger charge is 2.29. The summed E-state index contributed by atoms with van der Waals surface area (Å²) in [6.45, 7) is 8.73. The van der Waals surface area contributed by atoms with Crippen LogP contribution in [0.3, 0.4) is 0 Å². The van der Waals surface area contributed by atoms with E-state index in [1.165, 1.54) is 23.0 Å². The number of nitrogens with zero attached hydrogens (tertiary/aromatic N) is 2. The Kier molecular flexibility index (Phi) is 6.12. The minimum atomic E-state index is -3.88. The van der Waals surface area contributed by atoms with E-state index in [0.717, 1.165) is 23.1 Å². The van der Waals surface area contributed by atoms with Crippen molar-refractivity contribution in [2.45, 2.75) is 63.8 Å². The van der Waals surface area contributed by atoms with Gasteiger partial charge in [-0.2, -0.15) is 5.10 Å². The van der Waals surface area contributed by atoms with Crippen molar-refractivity contribution in [1.29, 1.82) is 0 Å². The second kappa shape index (κ2) is 8.26. The van der Waals surface area contributed by atoms with Crippen LogP contribution in [0.5, 0.6) is 5.88 Å². The van der Waals surface area contributed by atoms with Crippen molar-refractivity contribution in [2.75, 3.05) is 12.4 Å². The number of rotatable bonds is 7. The van der Waals surface area contributed by atoms with E-state index in [2.05, 4.69) is 5.10 Å². The maximum atomic E-state index is 14.1. The first-order valence-electron chi connectivity index (χ1n) is 9.85. The number of aryl methyl sites for hydroxylation is 1. The molecule has 8 heteroatoms. The molecule has 3 rings (SSSR count). The van der Waals surface area contributed by atoms with Crippen molar-refractivity contribution in [1.82, 2.24) is 9.78 Å². The third-order valence-corrected chi connectivity index (χ3v) is 6.75. The van der Waals surface area contributed by atoms with E-state index >= 15 is 0 Å². The summed E-state index contributed by atoms with van der Waals surface area (Å²) in [6.07, 6.45) is 1.96. The Labute approximate surface area is 171 Å². The zero-order valence-corrected chi connectivity index (χ0v) is 18.1. The molecule has 0 unspecified atom stereocenters. The summed E-state index contributed by atoms with van der Waals surface area (Å²) in [7, 11) is -3.88. The van der Waals surface area contributed by atoms with Gasteiger partial charge >= 0.3 is 0 Å². The van der Waals surface area contributed by atoms with Crippen LogP contribution >= 0.6 is 0 Å². The van der Waals surface area contributed by atoms with E-state index in [1.54, 1.807) is 0 Å². The van der Waals surface area contributed by atoms with Crippen LogP contribution < -0.4 is 4.74 Å². The lowest BCUT2D eigenvalue weighted by molar-refractivity contribution is -0.116. The Morgan fingerprint density at radius 1 is 1.21 bits per heavy atom. The summed E-state index contributed by atoms with van der Waals surface area (Å²) in [4.78, 5) is 12.7. The molecule has 1 aliphatic heterocycles. The Hall–Kier alpha value is -2.22. The maximum Gasteiger partial charge on any atom is 0.231 e. The highest BCUT2D eigenvalue weighted by atomic mass is 32.2. The molecule has 0 aliphatic carbocycles. The van der Waals surface area contributed by atoms with Crippen LogP contribution in [0.2, 0.25) is 0 Å². The zero-order chi connectivity index (χ0) is 21.3. The second-order valence-electron chi connectivity index (χ2n) is 8.09. The molecule has 0 radical (unpaired) electrons. The molecule has 29 heavy (non-hydrogen) atoms. The molecule has 1 aliphatic rings. The fourth-order valence-corrected chi connectivity index (χ4v) is 5.03. The van der Waals surface area contributed by atoms with Gasteiger partial charge in [0.05, 0.1) is 12.8 Å². The van der Waals surface area contributed by atoms with Gasteiger partial charge in [0.1, 0.15) is 16.5 Å². The first-order chi connectivity index (χ1) is 13.6. The summed E-state index contributed by atoms with van der Waals surface area (Å²) in [6, 6.07) is 2.88. The molecule has 0 bridgehead atoms. The molecule has 0 spiro atoms. The topological polar surface area (TPSA) is 78.3 Å². The third-order valence-electron chi connectivity index (χ3n) is 5.10. The van der Waals surface area contributed by atoms with Crippen LogP contribution in [-0.4, -0.2) is 36.3 Å². The fraction of sp³-hybridized carbons (Fsp3) is 0.524. The minimum Gasteiger partial charge on any atom is -0.477 e. The predicted octanol–water partition coefficient (Wildman–Crippen LogP) is 3.64. The van der Waals surface area contributed by atoms with E-state index < -0.39 is 21.4 Å². The number of aromatic nitrogens is 2. The van der Waals surface area contributed by atoms with E-state index in [0.29, 0.717) is 13.2 Å². The second-order valence-corrected chi connectivity index (χ2v) is 10.0. The molecular formula is C21H27FN2O4S. The van der Waals surface area contributed by atoms with Crippen LogP contribution in [0.4, 0.5) is 4.39 Å². The van der Waals surface area contributed by atoms with Gasteiger partial charge in [-0.1, -0.05) is 27.7 Å². The van der Waals surface area contributed by atoms with Gasteiger partial charge in [0.15, 0.2) is 15.6 Å². The zero-order valence-electron chi connectivity index (χ0n) is 17.2. The highest BCUT2D eigenvalue weighted by Crippen LogP contribution is 2.31. The van der Waals surface area contributed by atoms with Gasteiger partial charge in [-0.05, 0) is 40.7 Å². The molecule has 0 saturated heterocycles. The molecule has 0 fully saturated rings. The smallest absolute Gasteiger partial charge is 0.231 e. The maximum absolute atomic E-state index is 14.1. The van der Waals surface area contributed by atoms with Gasteiger partial charge in [-0.25, -0.2) is 17.5 Å². The van der Waals surface area contributed by atoms with Gasteiger partial charge in [0, 0.05) is 19.4 Å². The Morgan fingerprint density at radius 2 is 1.83 bits per heavy atom. The molecule has 0 N–H and O–H groups in total. The standard InChI is InChI=1S/C21H27FN2O4S/c1-13(2)17-8-15(22)9-18(14(3)4)19(17)10-16(25)12-29(26,27)20-11-23-24-6-5-7-28-21(20)24/h8-9,11,13-14H,5-7,10,12H2,1-4H3. The molecule has 0 saturated carbocycles. The molecular weight excluding hydrogens is 395 g/mol. The monoisotopic (exact) mass is 422 g/mol. The number of halogens is 1. The lowest BCUT2D eigenvalue weighted by atomic mass is 9.86. The first-order valence-corrected chi connectivity index (χ1v) is 11.5. The van der Waals surface area contributed by atoms with Crippen LogP contribution in [-0.2, 0) is 27.6 Å². The molecule has 0 atom stereocenters. The van der Waals surface area contributed by atoms with Crippen molar-refractivity contribution in [3.05, 3.63) is 40.8 Å². The SMILES string of the molecule is CC(C)c1cc(F)cc(C(C)C)c1CC(=O)CS(=O)(=O)c1cnn2c1OCCC2. The van der Waals surface area contributed by atoms with Gasteiger partial charge in [-0.3, -0.25) is 4.79 Å². The van der Waals surface area contributed by atoms with E-state index in [1.807, 2.05) is 27.7 Å². The van der Waals surface area contributed by atoms with Gasteiger partial charge in [0.25, 0.3) is 0 Å². The number of carbonyl (C=O) groups is 1. The average molecular weight is 423 g/mol. The fourth-order valence-electron chi connectivity index (χ4n) is 3.71. The summed E-state index contributed by atoms with van der Waals surface area (Å²) in [5, 5.41) is 4.06. The number of ketones is 1. The summed E-state index contributed by atoms with van der Waals surface area (Å²) >= 11 is 0. The van der Waals surface area contributed by atoms with Gasteiger partial charge < -0.3 is 4.74 Å². The average Bonchev–Trinajstić information content (AvgIpc) is 3.07. The molecule has 1 aromatic heterocycles. The Bertz CT molecular complexity index is 996. The number of hydrogen-bond donors (Lipinski definition) is 0. The van der Waals surface area contributed by atoms with Crippen molar-refractivity contribution < 1.29 is 22.3 Å². The number of sulfone groups is 1. The predicted molar refractivity (Wildman–Crippen MR) is 108 cm³/mol.